The fourth-order valence-electron chi connectivity index (χ4n) is 1.89. The molecule has 16 heavy (non-hydrogen) atoms. The number of aliphatic hydroxyl groups excluding tert-OH is 1. The summed E-state index contributed by atoms with van der Waals surface area (Å²) in [4.78, 5) is 4.57. The summed E-state index contributed by atoms with van der Waals surface area (Å²) in [5.74, 6) is 1.03. The van der Waals surface area contributed by atoms with E-state index < -0.39 is 0 Å². The number of para-hydroxylation sites is 2. The van der Waals surface area contributed by atoms with Crippen LogP contribution in [0.15, 0.2) is 24.3 Å². The first-order chi connectivity index (χ1) is 7.86. The first kappa shape index (κ1) is 11.1. The molecule has 1 aromatic heterocycles. The molecule has 86 valence electrons. The van der Waals surface area contributed by atoms with E-state index in [4.69, 9.17) is 5.11 Å². The molecule has 4 heteroatoms. The highest BCUT2D eigenvalue weighted by Gasteiger charge is 2.07. The number of nitrogens with one attached hydrogen (secondary N) is 1. The number of aryl methyl sites for hydroxylation is 1. The maximum Gasteiger partial charge on any atom is 0.123 e. The number of benzene rings is 1. The van der Waals surface area contributed by atoms with E-state index in [1.807, 2.05) is 18.2 Å². The lowest BCUT2D eigenvalue weighted by Gasteiger charge is -2.06. The topological polar surface area (TPSA) is 50.1 Å². The molecule has 0 radical (unpaired) electrons. The van der Waals surface area contributed by atoms with Crippen molar-refractivity contribution in [1.29, 1.82) is 0 Å². The van der Waals surface area contributed by atoms with Gasteiger partial charge in [0.1, 0.15) is 5.82 Å². The lowest BCUT2D eigenvalue weighted by molar-refractivity contribution is 0.291. The first-order valence-electron chi connectivity index (χ1n) is 5.62. The Hall–Kier alpha value is -1.39. The normalized spacial score (nSPS) is 11.1. The standard InChI is InChI=1S/C12H17N3O/c1-2-15-11-6-4-3-5-10(11)14-12(15)9-13-7-8-16/h3-6,13,16H,2,7-9H2,1H3. The van der Waals surface area contributed by atoms with Crippen LogP contribution in [-0.4, -0.2) is 27.8 Å². The molecule has 2 aromatic rings. The first-order valence-corrected chi connectivity index (χ1v) is 5.62. The van der Waals surface area contributed by atoms with Gasteiger partial charge in [-0.2, -0.15) is 0 Å². The molecule has 0 amide bonds. The summed E-state index contributed by atoms with van der Waals surface area (Å²) in [7, 11) is 0. The number of rotatable bonds is 5. The van der Waals surface area contributed by atoms with E-state index in [0.29, 0.717) is 13.1 Å². The van der Waals surface area contributed by atoms with Crippen LogP contribution in [0.2, 0.25) is 0 Å². The second-order valence-corrected chi connectivity index (χ2v) is 3.66. The Balaban J connectivity index is 2.29. The highest BCUT2D eigenvalue weighted by molar-refractivity contribution is 5.75. The smallest absolute Gasteiger partial charge is 0.123 e. The van der Waals surface area contributed by atoms with E-state index in [9.17, 15) is 0 Å². The quantitative estimate of drug-likeness (QED) is 0.741. The molecule has 0 aliphatic carbocycles. The fraction of sp³-hybridized carbons (Fsp3) is 0.417. The number of hydrogen-bond donors (Lipinski definition) is 2. The van der Waals surface area contributed by atoms with Gasteiger partial charge in [-0.1, -0.05) is 12.1 Å². The van der Waals surface area contributed by atoms with Gasteiger partial charge < -0.3 is 15.0 Å². The Kier molecular flexibility index (Phi) is 3.54. The van der Waals surface area contributed by atoms with Crippen molar-refractivity contribution in [3.05, 3.63) is 30.1 Å². The van der Waals surface area contributed by atoms with Crippen molar-refractivity contribution in [2.75, 3.05) is 13.2 Å². The minimum Gasteiger partial charge on any atom is -0.395 e. The molecular formula is C12H17N3O. The number of aliphatic hydroxyl groups is 1. The predicted molar refractivity (Wildman–Crippen MR) is 64.2 cm³/mol. The Morgan fingerprint density at radius 1 is 1.38 bits per heavy atom. The third kappa shape index (κ3) is 2.08. The van der Waals surface area contributed by atoms with E-state index in [-0.39, 0.29) is 6.61 Å². The van der Waals surface area contributed by atoms with Gasteiger partial charge in [0.25, 0.3) is 0 Å². The van der Waals surface area contributed by atoms with Crippen LogP contribution < -0.4 is 5.32 Å². The highest BCUT2D eigenvalue weighted by atomic mass is 16.3. The van der Waals surface area contributed by atoms with Crippen molar-refractivity contribution < 1.29 is 5.11 Å². The van der Waals surface area contributed by atoms with Crippen molar-refractivity contribution in [1.82, 2.24) is 14.9 Å². The summed E-state index contributed by atoms with van der Waals surface area (Å²) in [6, 6.07) is 8.14. The lowest BCUT2D eigenvalue weighted by Crippen LogP contribution is -2.20. The summed E-state index contributed by atoms with van der Waals surface area (Å²) < 4.78 is 2.19. The van der Waals surface area contributed by atoms with E-state index in [0.717, 1.165) is 17.9 Å². The molecule has 4 nitrogen and oxygen atoms in total. The number of fused-ring (bicyclic) bond motifs is 1. The fourth-order valence-corrected chi connectivity index (χ4v) is 1.89. The van der Waals surface area contributed by atoms with Gasteiger partial charge in [0.2, 0.25) is 0 Å². The molecule has 1 aromatic carbocycles. The molecule has 0 unspecified atom stereocenters. The van der Waals surface area contributed by atoms with Gasteiger partial charge in [0.15, 0.2) is 0 Å². The van der Waals surface area contributed by atoms with Crippen LogP contribution in [-0.2, 0) is 13.1 Å². The van der Waals surface area contributed by atoms with Gasteiger partial charge in [0.05, 0.1) is 24.2 Å². The monoisotopic (exact) mass is 219 g/mol. The highest BCUT2D eigenvalue weighted by Crippen LogP contribution is 2.15. The summed E-state index contributed by atoms with van der Waals surface area (Å²) in [6.45, 7) is 4.49. The zero-order chi connectivity index (χ0) is 11.4. The van der Waals surface area contributed by atoms with Crippen molar-refractivity contribution >= 4 is 11.0 Å². The minimum absolute atomic E-state index is 0.159. The van der Waals surface area contributed by atoms with E-state index in [1.165, 1.54) is 5.52 Å². The zero-order valence-electron chi connectivity index (χ0n) is 9.48. The summed E-state index contributed by atoms with van der Waals surface area (Å²) in [6.07, 6.45) is 0. The van der Waals surface area contributed by atoms with Crippen LogP contribution in [0.5, 0.6) is 0 Å². The van der Waals surface area contributed by atoms with E-state index in [2.05, 4.69) is 27.9 Å². The number of aromatic nitrogens is 2. The van der Waals surface area contributed by atoms with Crippen molar-refractivity contribution in [2.45, 2.75) is 20.0 Å². The molecular weight excluding hydrogens is 202 g/mol. The number of imidazole rings is 1. The maximum atomic E-state index is 8.72. The van der Waals surface area contributed by atoms with Crippen LogP contribution in [0.4, 0.5) is 0 Å². The Morgan fingerprint density at radius 3 is 2.94 bits per heavy atom. The van der Waals surface area contributed by atoms with Gasteiger partial charge in [-0.25, -0.2) is 4.98 Å². The number of nitrogens with zero attached hydrogens (tertiary/aromatic N) is 2. The molecule has 0 bridgehead atoms. The average Bonchev–Trinajstić information content (AvgIpc) is 2.67. The van der Waals surface area contributed by atoms with E-state index >= 15 is 0 Å². The zero-order valence-corrected chi connectivity index (χ0v) is 9.48. The molecule has 2 N–H and O–H groups in total. The van der Waals surface area contributed by atoms with Crippen LogP contribution in [0.1, 0.15) is 12.7 Å². The molecule has 1 heterocycles. The SMILES string of the molecule is CCn1c(CNCCO)nc2ccccc21. The van der Waals surface area contributed by atoms with Gasteiger partial charge in [-0.05, 0) is 19.1 Å². The largest absolute Gasteiger partial charge is 0.395 e. The van der Waals surface area contributed by atoms with Crippen LogP contribution in [0, 0.1) is 0 Å². The third-order valence-electron chi connectivity index (χ3n) is 2.62. The van der Waals surface area contributed by atoms with Gasteiger partial charge in [-0.3, -0.25) is 0 Å². The average molecular weight is 219 g/mol. The Bertz CT molecular complexity index is 464. The van der Waals surface area contributed by atoms with Crippen molar-refractivity contribution in [2.24, 2.45) is 0 Å². The maximum absolute atomic E-state index is 8.72. The summed E-state index contributed by atoms with van der Waals surface area (Å²) >= 11 is 0. The van der Waals surface area contributed by atoms with E-state index in [1.54, 1.807) is 0 Å². The lowest BCUT2D eigenvalue weighted by atomic mass is 10.3. The van der Waals surface area contributed by atoms with Gasteiger partial charge in [0, 0.05) is 13.1 Å². The Morgan fingerprint density at radius 2 is 2.19 bits per heavy atom. The van der Waals surface area contributed by atoms with Crippen LogP contribution in [0.3, 0.4) is 0 Å². The van der Waals surface area contributed by atoms with Crippen molar-refractivity contribution in [3.8, 4) is 0 Å². The second kappa shape index (κ2) is 5.09. The molecule has 0 saturated carbocycles. The molecule has 0 saturated heterocycles. The predicted octanol–water partition coefficient (Wildman–Crippen LogP) is 1.14. The van der Waals surface area contributed by atoms with Crippen LogP contribution >= 0.6 is 0 Å². The van der Waals surface area contributed by atoms with Gasteiger partial charge >= 0.3 is 0 Å². The summed E-state index contributed by atoms with van der Waals surface area (Å²) in [5, 5.41) is 11.9. The van der Waals surface area contributed by atoms with Crippen molar-refractivity contribution in [3.63, 3.8) is 0 Å². The number of hydrogen-bond acceptors (Lipinski definition) is 3. The third-order valence-corrected chi connectivity index (χ3v) is 2.62. The molecule has 0 fully saturated rings. The molecule has 0 aliphatic rings. The minimum atomic E-state index is 0.159. The van der Waals surface area contributed by atoms with Gasteiger partial charge in [-0.15, -0.1) is 0 Å². The van der Waals surface area contributed by atoms with Crippen LogP contribution in [0.25, 0.3) is 11.0 Å². The molecule has 2 rings (SSSR count). The molecule has 0 spiro atoms. The second-order valence-electron chi connectivity index (χ2n) is 3.66. The Labute approximate surface area is 94.9 Å². The molecule has 0 aliphatic heterocycles. The summed E-state index contributed by atoms with van der Waals surface area (Å²) in [5.41, 5.74) is 2.20. The molecule has 0 atom stereocenters.